The van der Waals surface area contributed by atoms with Crippen LogP contribution in [0, 0.1) is 5.82 Å². The number of halogens is 1. The summed E-state index contributed by atoms with van der Waals surface area (Å²) in [6.45, 7) is 0.697. The van der Waals surface area contributed by atoms with Crippen molar-refractivity contribution in [2.24, 2.45) is 0 Å². The van der Waals surface area contributed by atoms with Crippen molar-refractivity contribution in [3.8, 4) is 0 Å². The molecule has 0 saturated heterocycles. The highest BCUT2D eigenvalue weighted by Crippen LogP contribution is 2.22. The van der Waals surface area contributed by atoms with Crippen LogP contribution in [-0.4, -0.2) is 53.5 Å². The minimum absolute atomic E-state index is 0.0523. The molecule has 1 aliphatic rings. The normalized spacial score (nSPS) is 13.0. The Morgan fingerprint density at radius 3 is 2.68 bits per heavy atom. The zero-order valence-electron chi connectivity index (χ0n) is 16.3. The first-order valence-corrected chi connectivity index (χ1v) is 9.35. The highest BCUT2D eigenvalue weighted by molar-refractivity contribution is 5.99. The molecular weight excluding hydrogens is 411 g/mol. The number of nitrogens with zero attached hydrogens (tertiary/aromatic N) is 5. The number of aliphatic carboxylic acids is 1. The quantitative estimate of drug-likeness (QED) is 0.575. The molecule has 0 aliphatic carbocycles. The summed E-state index contributed by atoms with van der Waals surface area (Å²) in [5.74, 6) is -2.91. The lowest BCUT2D eigenvalue weighted by Crippen LogP contribution is -2.32. The molecular formula is C19H17FN6O5. The van der Waals surface area contributed by atoms with E-state index in [1.165, 1.54) is 10.6 Å². The average Bonchev–Trinajstić information content (AvgIpc) is 3.29. The molecule has 0 bridgehead atoms. The van der Waals surface area contributed by atoms with Gasteiger partial charge in [0.1, 0.15) is 36.1 Å². The Kier molecular flexibility index (Phi) is 4.97. The largest absolute Gasteiger partial charge is 0.480 e. The molecule has 160 valence electrons. The van der Waals surface area contributed by atoms with Crippen molar-refractivity contribution in [3.63, 3.8) is 0 Å². The first kappa shape index (κ1) is 20.2. The van der Waals surface area contributed by atoms with E-state index in [9.17, 15) is 23.6 Å². The van der Waals surface area contributed by atoms with Crippen LogP contribution < -0.4 is 10.9 Å². The first-order chi connectivity index (χ1) is 14.8. The van der Waals surface area contributed by atoms with Crippen LogP contribution in [-0.2, 0) is 29.1 Å². The number of fused-ring (bicyclic) bond motifs is 2. The number of amides is 2. The summed E-state index contributed by atoms with van der Waals surface area (Å²) in [5.41, 5.74) is 0.293. The van der Waals surface area contributed by atoms with E-state index in [2.05, 4.69) is 15.4 Å². The van der Waals surface area contributed by atoms with E-state index in [0.717, 1.165) is 21.7 Å². The number of aromatic nitrogens is 4. The predicted molar refractivity (Wildman–Crippen MR) is 104 cm³/mol. The molecule has 0 radical (unpaired) electrons. The van der Waals surface area contributed by atoms with Crippen LogP contribution in [0.25, 0.3) is 5.65 Å². The number of carboxylic acid groups (broad SMARTS) is 1. The maximum absolute atomic E-state index is 13.0. The topological polar surface area (TPSA) is 139 Å². The van der Waals surface area contributed by atoms with E-state index in [1.807, 2.05) is 6.92 Å². The number of carboxylic acids is 1. The summed E-state index contributed by atoms with van der Waals surface area (Å²) < 4.78 is 15.5. The molecule has 0 unspecified atom stereocenters. The smallest absolute Gasteiger partial charge is 0.323 e. The van der Waals surface area contributed by atoms with Crippen molar-refractivity contribution in [1.29, 1.82) is 0 Å². The molecule has 1 aliphatic heterocycles. The van der Waals surface area contributed by atoms with Crippen molar-refractivity contribution in [2.75, 3.05) is 11.9 Å². The SMILES string of the molecule is CCc1cc2n(CC(=O)Nc3ccc(F)cn3)c3c(c(=O)n2n1)CN(CC(=O)O)C3=O. The maximum atomic E-state index is 13.0. The van der Waals surface area contributed by atoms with Crippen molar-refractivity contribution in [3.05, 3.63) is 57.5 Å². The molecule has 0 atom stereocenters. The molecule has 31 heavy (non-hydrogen) atoms. The molecule has 3 aromatic rings. The Morgan fingerprint density at radius 1 is 1.26 bits per heavy atom. The van der Waals surface area contributed by atoms with Crippen LogP contribution in [0.15, 0.2) is 29.2 Å². The molecule has 2 N–H and O–H groups in total. The number of carbonyl (C=O) groups excluding carboxylic acids is 2. The third-order valence-electron chi connectivity index (χ3n) is 4.85. The second kappa shape index (κ2) is 7.63. The molecule has 0 spiro atoms. The third kappa shape index (κ3) is 3.63. The molecule has 2 amide bonds. The van der Waals surface area contributed by atoms with Gasteiger partial charge in [0.05, 0.1) is 24.0 Å². The number of aryl methyl sites for hydroxylation is 1. The summed E-state index contributed by atoms with van der Waals surface area (Å²) in [6, 6.07) is 4.01. The van der Waals surface area contributed by atoms with E-state index in [1.54, 1.807) is 6.07 Å². The zero-order valence-corrected chi connectivity index (χ0v) is 16.3. The standard InChI is InChI=1S/C19H17FN6O5/c1-2-11-5-15-25(8-14(27)22-13-4-3-10(20)6-21-13)17-12(18(30)26(15)23-11)7-24(19(17)31)9-16(28)29/h3-6H,2,7-9H2,1H3,(H,28,29)(H,21,22,27). The Bertz CT molecular complexity index is 1280. The van der Waals surface area contributed by atoms with Crippen molar-refractivity contribution >= 4 is 29.2 Å². The number of rotatable bonds is 6. The monoisotopic (exact) mass is 428 g/mol. The average molecular weight is 428 g/mol. The molecule has 3 aromatic heterocycles. The number of nitrogens with one attached hydrogen (secondary N) is 1. The van der Waals surface area contributed by atoms with Crippen LogP contribution in [0.2, 0.25) is 0 Å². The Hall–Kier alpha value is -4.09. The third-order valence-corrected chi connectivity index (χ3v) is 4.85. The van der Waals surface area contributed by atoms with Gasteiger partial charge in [-0.1, -0.05) is 6.92 Å². The van der Waals surface area contributed by atoms with Crippen LogP contribution in [0.3, 0.4) is 0 Å². The summed E-state index contributed by atoms with van der Waals surface area (Å²) in [4.78, 5) is 54.3. The van der Waals surface area contributed by atoms with Crippen molar-refractivity contribution in [2.45, 2.75) is 26.4 Å². The van der Waals surface area contributed by atoms with Crippen LogP contribution in [0.4, 0.5) is 10.2 Å². The van der Waals surface area contributed by atoms with Gasteiger partial charge < -0.3 is 19.9 Å². The van der Waals surface area contributed by atoms with Gasteiger partial charge in [-0.2, -0.15) is 9.61 Å². The number of pyridine rings is 1. The fourth-order valence-electron chi connectivity index (χ4n) is 3.47. The second-order valence-corrected chi connectivity index (χ2v) is 6.94. The summed E-state index contributed by atoms with van der Waals surface area (Å²) in [7, 11) is 0. The van der Waals surface area contributed by atoms with Gasteiger partial charge in [0, 0.05) is 6.07 Å². The van der Waals surface area contributed by atoms with Crippen LogP contribution in [0.5, 0.6) is 0 Å². The maximum Gasteiger partial charge on any atom is 0.323 e. The molecule has 11 nitrogen and oxygen atoms in total. The molecule has 4 rings (SSSR count). The van der Waals surface area contributed by atoms with E-state index < -0.39 is 35.7 Å². The van der Waals surface area contributed by atoms with Crippen LogP contribution in [0.1, 0.15) is 28.7 Å². The fraction of sp³-hybridized carbons (Fsp3) is 0.263. The number of carbonyl (C=O) groups is 3. The molecule has 0 aromatic carbocycles. The van der Waals surface area contributed by atoms with Gasteiger partial charge in [0.2, 0.25) is 5.91 Å². The second-order valence-electron chi connectivity index (χ2n) is 6.94. The lowest BCUT2D eigenvalue weighted by atomic mass is 10.2. The van der Waals surface area contributed by atoms with Gasteiger partial charge in [-0.25, -0.2) is 9.37 Å². The van der Waals surface area contributed by atoms with Gasteiger partial charge in [-0.05, 0) is 18.6 Å². The summed E-state index contributed by atoms with van der Waals surface area (Å²) >= 11 is 0. The van der Waals surface area contributed by atoms with Gasteiger partial charge in [-0.3, -0.25) is 19.2 Å². The van der Waals surface area contributed by atoms with Crippen molar-refractivity contribution in [1.82, 2.24) is 24.1 Å². The minimum atomic E-state index is -1.22. The lowest BCUT2D eigenvalue weighted by Gasteiger charge is -2.14. The molecule has 0 fully saturated rings. The fourth-order valence-corrected chi connectivity index (χ4v) is 3.47. The number of hydrogen-bond donors (Lipinski definition) is 2. The summed E-state index contributed by atoms with van der Waals surface area (Å²) in [6.07, 6.45) is 1.47. The molecule has 12 heteroatoms. The first-order valence-electron chi connectivity index (χ1n) is 9.35. The zero-order chi connectivity index (χ0) is 22.3. The Labute approximate surface area is 173 Å². The van der Waals surface area contributed by atoms with Gasteiger partial charge in [-0.15, -0.1) is 0 Å². The van der Waals surface area contributed by atoms with Crippen LogP contribution >= 0.6 is 0 Å². The van der Waals surface area contributed by atoms with Gasteiger partial charge in [0.15, 0.2) is 0 Å². The minimum Gasteiger partial charge on any atom is -0.480 e. The molecule has 4 heterocycles. The molecule has 0 saturated carbocycles. The van der Waals surface area contributed by atoms with Gasteiger partial charge in [0.25, 0.3) is 11.5 Å². The Balaban J connectivity index is 1.78. The highest BCUT2D eigenvalue weighted by atomic mass is 19.1. The lowest BCUT2D eigenvalue weighted by molar-refractivity contribution is -0.137. The highest BCUT2D eigenvalue weighted by Gasteiger charge is 2.36. The van der Waals surface area contributed by atoms with E-state index in [-0.39, 0.29) is 35.8 Å². The number of hydrogen-bond acceptors (Lipinski definition) is 6. The predicted octanol–water partition coefficient (Wildman–Crippen LogP) is 0.272. The van der Waals surface area contributed by atoms with Gasteiger partial charge >= 0.3 is 5.97 Å². The Morgan fingerprint density at radius 2 is 2.03 bits per heavy atom. The van der Waals surface area contributed by atoms with E-state index in [0.29, 0.717) is 12.1 Å². The van der Waals surface area contributed by atoms with E-state index in [4.69, 9.17) is 5.11 Å². The summed E-state index contributed by atoms with van der Waals surface area (Å²) in [5, 5.41) is 15.8. The van der Waals surface area contributed by atoms with E-state index >= 15 is 0 Å². The van der Waals surface area contributed by atoms with Crippen molar-refractivity contribution < 1.29 is 23.9 Å². The number of anilines is 1.